The number of hydrogen-bond donors (Lipinski definition) is 1. The number of aryl methyl sites for hydroxylation is 1. The topological polar surface area (TPSA) is 106 Å². The first kappa shape index (κ1) is 15.2. The minimum absolute atomic E-state index is 0.0920. The molecular formula is C15H13N3O4S. The number of aromatic amines is 1. The summed E-state index contributed by atoms with van der Waals surface area (Å²) in [5.41, 5.74) is 1.64. The molecule has 8 heteroatoms. The molecule has 0 fully saturated rings. The fraction of sp³-hybridized carbons (Fsp3) is 0.133. The number of nitrogens with one attached hydrogen (secondary N) is 1. The third-order valence-electron chi connectivity index (χ3n) is 3.58. The molecule has 0 unspecified atom stereocenters. The van der Waals surface area contributed by atoms with E-state index < -0.39 is 20.5 Å². The first-order valence-electron chi connectivity index (χ1n) is 6.77. The number of benzene rings is 2. The molecule has 0 spiro atoms. The quantitative estimate of drug-likeness (QED) is 0.584. The van der Waals surface area contributed by atoms with Gasteiger partial charge in [-0.1, -0.05) is 17.7 Å². The van der Waals surface area contributed by atoms with Gasteiger partial charge in [-0.3, -0.25) is 10.1 Å². The summed E-state index contributed by atoms with van der Waals surface area (Å²) in [7, 11) is -3.71. The Bertz CT molecular complexity index is 991. The van der Waals surface area contributed by atoms with Gasteiger partial charge in [0.25, 0.3) is 5.69 Å². The summed E-state index contributed by atoms with van der Waals surface area (Å²) in [6.45, 7) is 1.85. The van der Waals surface area contributed by atoms with Gasteiger partial charge in [-0.05, 0) is 25.1 Å². The molecular weight excluding hydrogens is 318 g/mol. The van der Waals surface area contributed by atoms with Crippen molar-refractivity contribution in [2.45, 2.75) is 17.6 Å². The lowest BCUT2D eigenvalue weighted by atomic mass is 10.1. The number of rotatable bonds is 4. The zero-order chi connectivity index (χ0) is 16.6. The lowest BCUT2D eigenvalue weighted by Gasteiger charge is -2.07. The van der Waals surface area contributed by atoms with E-state index >= 15 is 0 Å². The van der Waals surface area contributed by atoms with Crippen molar-refractivity contribution in [1.29, 1.82) is 0 Å². The molecule has 2 aromatic carbocycles. The monoisotopic (exact) mass is 331 g/mol. The maximum atomic E-state index is 12.6. The Morgan fingerprint density at radius 1 is 1.17 bits per heavy atom. The number of hydrogen-bond acceptors (Lipinski definition) is 5. The van der Waals surface area contributed by atoms with E-state index in [0.717, 1.165) is 5.56 Å². The normalized spacial score (nSPS) is 11.7. The fourth-order valence-electron chi connectivity index (χ4n) is 2.39. The van der Waals surface area contributed by atoms with Crippen LogP contribution in [0.1, 0.15) is 11.1 Å². The van der Waals surface area contributed by atoms with E-state index in [1.54, 1.807) is 12.1 Å². The largest absolute Gasteiger partial charge is 0.345 e. The summed E-state index contributed by atoms with van der Waals surface area (Å²) in [5, 5.41) is 11.2. The predicted octanol–water partition coefficient (Wildman–Crippen LogP) is 2.75. The standard InChI is InChI=1S/C15H13N3O4S/c1-10-2-4-11(5-3-10)23(21,22)8-12-14(18(19)20)7-6-13-15(12)17-9-16-13/h2-7,9H,8H2,1H3,(H,16,17). The molecule has 0 saturated heterocycles. The SMILES string of the molecule is Cc1ccc(S(=O)(=O)Cc2c([N+](=O)[O-])ccc3[nH]cnc23)cc1. The van der Waals surface area contributed by atoms with E-state index in [-0.39, 0.29) is 16.1 Å². The van der Waals surface area contributed by atoms with Crippen LogP contribution in [-0.4, -0.2) is 23.3 Å². The van der Waals surface area contributed by atoms with Crippen molar-refractivity contribution in [3.05, 3.63) is 64.0 Å². The van der Waals surface area contributed by atoms with Crippen LogP contribution in [0.2, 0.25) is 0 Å². The number of sulfone groups is 1. The van der Waals surface area contributed by atoms with Crippen LogP contribution in [0.3, 0.4) is 0 Å². The molecule has 3 rings (SSSR count). The van der Waals surface area contributed by atoms with E-state index in [1.165, 1.54) is 30.6 Å². The highest BCUT2D eigenvalue weighted by molar-refractivity contribution is 7.90. The molecule has 0 bridgehead atoms. The molecule has 0 saturated carbocycles. The third-order valence-corrected chi connectivity index (χ3v) is 5.24. The van der Waals surface area contributed by atoms with E-state index in [2.05, 4.69) is 9.97 Å². The molecule has 0 aliphatic rings. The molecule has 0 aliphatic heterocycles. The third kappa shape index (κ3) is 2.80. The van der Waals surface area contributed by atoms with Gasteiger partial charge in [0.15, 0.2) is 9.84 Å². The highest BCUT2D eigenvalue weighted by atomic mass is 32.2. The minimum Gasteiger partial charge on any atom is -0.345 e. The number of H-pyrrole nitrogens is 1. The molecule has 23 heavy (non-hydrogen) atoms. The van der Waals surface area contributed by atoms with Crippen molar-refractivity contribution in [1.82, 2.24) is 9.97 Å². The van der Waals surface area contributed by atoms with Gasteiger partial charge in [0, 0.05) is 6.07 Å². The second-order valence-electron chi connectivity index (χ2n) is 5.19. The highest BCUT2D eigenvalue weighted by Gasteiger charge is 2.25. The van der Waals surface area contributed by atoms with Crippen LogP contribution in [0.5, 0.6) is 0 Å². The number of fused-ring (bicyclic) bond motifs is 1. The van der Waals surface area contributed by atoms with Crippen LogP contribution in [0, 0.1) is 17.0 Å². The molecule has 0 atom stereocenters. The second kappa shape index (κ2) is 5.47. The second-order valence-corrected chi connectivity index (χ2v) is 7.18. The smallest absolute Gasteiger partial charge is 0.275 e. The molecule has 0 radical (unpaired) electrons. The maximum Gasteiger partial charge on any atom is 0.275 e. The summed E-state index contributed by atoms with van der Waals surface area (Å²) < 4.78 is 25.2. The van der Waals surface area contributed by atoms with Crippen molar-refractivity contribution in [3.8, 4) is 0 Å². The van der Waals surface area contributed by atoms with E-state index in [1.807, 2.05) is 6.92 Å². The Morgan fingerprint density at radius 2 is 1.87 bits per heavy atom. The van der Waals surface area contributed by atoms with Crippen LogP contribution in [0.25, 0.3) is 11.0 Å². The first-order valence-corrected chi connectivity index (χ1v) is 8.42. The Morgan fingerprint density at radius 3 is 2.52 bits per heavy atom. The Labute approximate surface area is 132 Å². The number of nitrogens with zero attached hydrogens (tertiary/aromatic N) is 2. The predicted molar refractivity (Wildman–Crippen MR) is 84.8 cm³/mol. The summed E-state index contributed by atoms with van der Waals surface area (Å²) in [6.07, 6.45) is 1.39. The van der Waals surface area contributed by atoms with E-state index in [4.69, 9.17) is 0 Å². The van der Waals surface area contributed by atoms with Crippen molar-refractivity contribution in [2.75, 3.05) is 0 Å². The van der Waals surface area contributed by atoms with Gasteiger partial charge in [0.05, 0.1) is 38.5 Å². The summed E-state index contributed by atoms with van der Waals surface area (Å²) in [5.74, 6) is -0.478. The van der Waals surface area contributed by atoms with Crippen molar-refractivity contribution >= 4 is 26.6 Å². The molecule has 1 heterocycles. The first-order chi connectivity index (χ1) is 10.9. The Balaban J connectivity index is 2.13. The number of aromatic nitrogens is 2. The zero-order valence-corrected chi connectivity index (χ0v) is 13.0. The van der Waals surface area contributed by atoms with Crippen LogP contribution in [0.15, 0.2) is 47.6 Å². The van der Waals surface area contributed by atoms with Crippen LogP contribution in [-0.2, 0) is 15.6 Å². The summed E-state index contributed by atoms with van der Waals surface area (Å²) in [4.78, 5) is 17.6. The molecule has 0 amide bonds. The number of nitro benzene ring substituents is 1. The summed E-state index contributed by atoms with van der Waals surface area (Å²) >= 11 is 0. The lowest BCUT2D eigenvalue weighted by molar-refractivity contribution is -0.385. The molecule has 1 N–H and O–H groups in total. The molecule has 118 valence electrons. The van der Waals surface area contributed by atoms with Gasteiger partial charge in [-0.25, -0.2) is 13.4 Å². The van der Waals surface area contributed by atoms with Crippen LogP contribution >= 0.6 is 0 Å². The average molecular weight is 331 g/mol. The average Bonchev–Trinajstić information content (AvgIpc) is 2.96. The van der Waals surface area contributed by atoms with Crippen molar-refractivity contribution < 1.29 is 13.3 Å². The Kier molecular flexibility index (Phi) is 3.61. The van der Waals surface area contributed by atoms with Crippen LogP contribution < -0.4 is 0 Å². The molecule has 0 aliphatic carbocycles. The maximum absolute atomic E-state index is 12.6. The van der Waals surface area contributed by atoms with Crippen molar-refractivity contribution in [2.24, 2.45) is 0 Å². The van der Waals surface area contributed by atoms with Gasteiger partial charge < -0.3 is 4.98 Å². The van der Waals surface area contributed by atoms with Crippen LogP contribution in [0.4, 0.5) is 5.69 Å². The van der Waals surface area contributed by atoms with E-state index in [0.29, 0.717) is 11.0 Å². The van der Waals surface area contributed by atoms with Gasteiger partial charge in [0.2, 0.25) is 0 Å². The van der Waals surface area contributed by atoms with Gasteiger partial charge >= 0.3 is 0 Å². The number of imidazole rings is 1. The number of nitro groups is 1. The van der Waals surface area contributed by atoms with E-state index in [9.17, 15) is 18.5 Å². The zero-order valence-electron chi connectivity index (χ0n) is 12.2. The fourth-order valence-corrected chi connectivity index (χ4v) is 3.77. The summed E-state index contributed by atoms with van der Waals surface area (Å²) in [6, 6.07) is 9.19. The van der Waals surface area contributed by atoms with Gasteiger partial charge in [0.1, 0.15) is 0 Å². The van der Waals surface area contributed by atoms with Gasteiger partial charge in [-0.15, -0.1) is 0 Å². The lowest BCUT2D eigenvalue weighted by Crippen LogP contribution is -2.08. The van der Waals surface area contributed by atoms with Gasteiger partial charge in [-0.2, -0.15) is 0 Å². The molecule has 3 aromatic rings. The molecule has 7 nitrogen and oxygen atoms in total. The van der Waals surface area contributed by atoms with Crippen molar-refractivity contribution in [3.63, 3.8) is 0 Å². The minimum atomic E-state index is -3.71. The Hall–Kier alpha value is -2.74. The molecule has 1 aromatic heterocycles. The highest BCUT2D eigenvalue weighted by Crippen LogP contribution is 2.29.